The van der Waals surface area contributed by atoms with Gasteiger partial charge in [0.1, 0.15) is 0 Å². The molecule has 0 aliphatic rings. The normalized spacial score (nSPS) is 10.2. The molecule has 0 unspecified atom stereocenters. The average molecular weight is 263 g/mol. The second-order valence-electron chi connectivity index (χ2n) is 3.81. The van der Waals surface area contributed by atoms with Gasteiger partial charge in [0.25, 0.3) is 5.91 Å². The summed E-state index contributed by atoms with van der Waals surface area (Å²) in [5.41, 5.74) is 2.52. The fraction of sp³-hybridized carbons (Fsp3) is 0.0714. The molecule has 1 amide bonds. The number of halogens is 2. The van der Waals surface area contributed by atoms with Crippen molar-refractivity contribution in [3.63, 3.8) is 0 Å². The van der Waals surface area contributed by atoms with Crippen LogP contribution in [0.2, 0.25) is 0 Å². The maximum atomic E-state index is 13.3. The third-order valence-electron chi connectivity index (χ3n) is 2.44. The van der Waals surface area contributed by atoms with Crippen LogP contribution in [0.15, 0.2) is 48.5 Å². The number of carbonyl (C=O) groups excluding carboxylic acids is 1. The summed E-state index contributed by atoms with van der Waals surface area (Å²) in [4.78, 5) is 16.5. The van der Waals surface area contributed by atoms with Crippen LogP contribution >= 0.6 is 0 Å². The standard InChI is InChI=1S/C14H11F2NO2/c15-12-8-4-7-11(13(12)16)14(18)17-19-9-10-5-2-1-3-6-10/h1-8H,9H2,(H,17,18). The van der Waals surface area contributed by atoms with Gasteiger partial charge in [-0.25, -0.2) is 14.3 Å². The van der Waals surface area contributed by atoms with Gasteiger partial charge in [-0.2, -0.15) is 0 Å². The lowest BCUT2D eigenvalue weighted by Crippen LogP contribution is -2.24. The maximum absolute atomic E-state index is 13.3. The molecular weight excluding hydrogens is 252 g/mol. The Morgan fingerprint density at radius 2 is 1.79 bits per heavy atom. The smallest absolute Gasteiger partial charge is 0.269 e. The van der Waals surface area contributed by atoms with Gasteiger partial charge in [-0.05, 0) is 17.7 Å². The molecule has 5 heteroatoms. The lowest BCUT2D eigenvalue weighted by Gasteiger charge is -2.07. The number of hydroxylamine groups is 1. The molecule has 2 aromatic rings. The molecule has 0 saturated heterocycles. The fourth-order valence-electron chi connectivity index (χ4n) is 1.49. The lowest BCUT2D eigenvalue weighted by atomic mass is 10.2. The van der Waals surface area contributed by atoms with E-state index in [0.29, 0.717) is 0 Å². The first kappa shape index (κ1) is 13.2. The van der Waals surface area contributed by atoms with Crippen LogP contribution in [0.5, 0.6) is 0 Å². The van der Waals surface area contributed by atoms with Crippen LogP contribution in [0.25, 0.3) is 0 Å². The molecule has 0 saturated carbocycles. The first-order valence-electron chi connectivity index (χ1n) is 5.58. The molecule has 0 aliphatic heterocycles. The monoisotopic (exact) mass is 263 g/mol. The molecular formula is C14H11F2NO2. The van der Waals surface area contributed by atoms with Gasteiger partial charge >= 0.3 is 0 Å². The summed E-state index contributed by atoms with van der Waals surface area (Å²) in [6, 6.07) is 12.5. The van der Waals surface area contributed by atoms with Crippen molar-refractivity contribution in [3.8, 4) is 0 Å². The second-order valence-corrected chi connectivity index (χ2v) is 3.81. The minimum absolute atomic E-state index is 0.142. The number of amides is 1. The highest BCUT2D eigenvalue weighted by molar-refractivity contribution is 5.93. The van der Waals surface area contributed by atoms with Gasteiger partial charge in [0, 0.05) is 0 Å². The minimum atomic E-state index is -1.19. The third kappa shape index (κ3) is 3.35. The molecule has 0 atom stereocenters. The van der Waals surface area contributed by atoms with Crippen molar-refractivity contribution in [2.75, 3.05) is 0 Å². The van der Waals surface area contributed by atoms with E-state index in [1.165, 1.54) is 12.1 Å². The van der Waals surface area contributed by atoms with Crippen LogP contribution in [0, 0.1) is 11.6 Å². The molecule has 0 aromatic heterocycles. The Kier molecular flexibility index (Phi) is 4.20. The van der Waals surface area contributed by atoms with Crippen LogP contribution in [0.4, 0.5) is 8.78 Å². The Morgan fingerprint density at radius 3 is 2.53 bits per heavy atom. The molecule has 3 nitrogen and oxygen atoms in total. The summed E-state index contributed by atoms with van der Waals surface area (Å²) in [5.74, 6) is -3.09. The summed E-state index contributed by atoms with van der Waals surface area (Å²) in [6.07, 6.45) is 0. The molecule has 0 bridgehead atoms. The lowest BCUT2D eigenvalue weighted by molar-refractivity contribution is 0.0229. The minimum Gasteiger partial charge on any atom is -0.269 e. The van der Waals surface area contributed by atoms with E-state index in [0.717, 1.165) is 11.6 Å². The van der Waals surface area contributed by atoms with E-state index in [2.05, 4.69) is 5.48 Å². The zero-order chi connectivity index (χ0) is 13.7. The molecule has 0 radical (unpaired) electrons. The van der Waals surface area contributed by atoms with E-state index in [9.17, 15) is 13.6 Å². The van der Waals surface area contributed by atoms with E-state index in [-0.39, 0.29) is 6.61 Å². The number of hydrogen-bond acceptors (Lipinski definition) is 2. The number of carbonyl (C=O) groups is 1. The number of hydrogen-bond donors (Lipinski definition) is 1. The van der Waals surface area contributed by atoms with E-state index >= 15 is 0 Å². The molecule has 19 heavy (non-hydrogen) atoms. The topological polar surface area (TPSA) is 38.3 Å². The zero-order valence-electron chi connectivity index (χ0n) is 9.90. The Bertz CT molecular complexity index is 573. The first-order chi connectivity index (χ1) is 9.18. The zero-order valence-corrected chi connectivity index (χ0v) is 9.90. The maximum Gasteiger partial charge on any atom is 0.277 e. The van der Waals surface area contributed by atoms with Gasteiger partial charge in [-0.1, -0.05) is 36.4 Å². The summed E-state index contributed by atoms with van der Waals surface area (Å²) >= 11 is 0. The fourth-order valence-corrected chi connectivity index (χ4v) is 1.49. The van der Waals surface area contributed by atoms with E-state index in [1.807, 2.05) is 30.3 Å². The van der Waals surface area contributed by atoms with Gasteiger partial charge in [0.2, 0.25) is 0 Å². The summed E-state index contributed by atoms with van der Waals surface area (Å²) in [7, 11) is 0. The van der Waals surface area contributed by atoms with Crippen molar-refractivity contribution in [2.24, 2.45) is 0 Å². The van der Waals surface area contributed by atoms with Crippen LogP contribution in [-0.2, 0) is 11.4 Å². The van der Waals surface area contributed by atoms with Crippen LogP contribution in [0.1, 0.15) is 15.9 Å². The predicted octanol–water partition coefficient (Wildman–Crippen LogP) is 2.83. The molecule has 0 fully saturated rings. The van der Waals surface area contributed by atoms with Gasteiger partial charge in [0.05, 0.1) is 12.2 Å². The van der Waals surface area contributed by atoms with Crippen molar-refractivity contribution in [2.45, 2.75) is 6.61 Å². The molecule has 0 spiro atoms. The third-order valence-corrected chi connectivity index (χ3v) is 2.44. The number of nitrogens with one attached hydrogen (secondary N) is 1. The van der Waals surface area contributed by atoms with Crippen LogP contribution in [-0.4, -0.2) is 5.91 Å². The summed E-state index contributed by atoms with van der Waals surface area (Å²) < 4.78 is 26.2. The molecule has 0 aliphatic carbocycles. The predicted molar refractivity (Wildman–Crippen MR) is 65.1 cm³/mol. The Morgan fingerprint density at radius 1 is 1.05 bits per heavy atom. The highest BCUT2D eigenvalue weighted by atomic mass is 19.2. The average Bonchev–Trinajstić information content (AvgIpc) is 2.43. The summed E-state index contributed by atoms with van der Waals surface area (Å²) in [5, 5.41) is 0. The molecule has 1 N–H and O–H groups in total. The van der Waals surface area contributed by atoms with Crippen LogP contribution < -0.4 is 5.48 Å². The van der Waals surface area contributed by atoms with E-state index in [1.54, 1.807) is 0 Å². The van der Waals surface area contributed by atoms with E-state index < -0.39 is 23.1 Å². The highest BCUT2D eigenvalue weighted by Gasteiger charge is 2.14. The second kappa shape index (κ2) is 6.06. The Hall–Kier alpha value is -2.27. The molecule has 2 rings (SSSR count). The quantitative estimate of drug-likeness (QED) is 0.861. The van der Waals surface area contributed by atoms with Crippen LogP contribution in [0.3, 0.4) is 0 Å². The Labute approximate surface area is 108 Å². The van der Waals surface area contributed by atoms with Crippen molar-refractivity contribution in [3.05, 3.63) is 71.3 Å². The van der Waals surface area contributed by atoms with Crippen molar-refractivity contribution in [1.82, 2.24) is 5.48 Å². The largest absolute Gasteiger partial charge is 0.277 e. The van der Waals surface area contributed by atoms with Crippen molar-refractivity contribution in [1.29, 1.82) is 0 Å². The first-order valence-corrected chi connectivity index (χ1v) is 5.58. The molecule has 0 heterocycles. The molecule has 2 aromatic carbocycles. The van der Waals surface area contributed by atoms with Crippen molar-refractivity contribution >= 4 is 5.91 Å². The molecule has 98 valence electrons. The summed E-state index contributed by atoms with van der Waals surface area (Å²) in [6.45, 7) is 0.142. The highest BCUT2D eigenvalue weighted by Crippen LogP contribution is 2.11. The van der Waals surface area contributed by atoms with Gasteiger partial charge in [0.15, 0.2) is 11.6 Å². The van der Waals surface area contributed by atoms with Gasteiger partial charge in [-0.3, -0.25) is 9.63 Å². The Balaban J connectivity index is 1.93. The van der Waals surface area contributed by atoms with E-state index in [4.69, 9.17) is 4.84 Å². The SMILES string of the molecule is O=C(NOCc1ccccc1)c1cccc(F)c1F. The van der Waals surface area contributed by atoms with Gasteiger partial charge in [-0.15, -0.1) is 0 Å². The van der Waals surface area contributed by atoms with Crippen molar-refractivity contribution < 1.29 is 18.4 Å². The number of rotatable bonds is 4. The number of benzene rings is 2. The van der Waals surface area contributed by atoms with Gasteiger partial charge < -0.3 is 0 Å².